The fourth-order valence-corrected chi connectivity index (χ4v) is 2.75. The summed E-state index contributed by atoms with van der Waals surface area (Å²) in [6, 6.07) is 13.1. The van der Waals surface area contributed by atoms with E-state index in [0.29, 0.717) is 18.7 Å². The van der Waals surface area contributed by atoms with Crippen LogP contribution in [0, 0.1) is 12.7 Å². The summed E-state index contributed by atoms with van der Waals surface area (Å²) in [5.41, 5.74) is 2.78. The summed E-state index contributed by atoms with van der Waals surface area (Å²) in [4.78, 5) is 26.8. The van der Waals surface area contributed by atoms with Crippen molar-refractivity contribution in [2.75, 3.05) is 6.54 Å². The lowest BCUT2D eigenvalue weighted by atomic mass is 10.1. The molecule has 0 aromatic heterocycles. The molecule has 2 amide bonds. The first-order chi connectivity index (χ1) is 12.4. The van der Waals surface area contributed by atoms with Gasteiger partial charge in [0, 0.05) is 13.1 Å². The van der Waals surface area contributed by atoms with Crippen molar-refractivity contribution in [1.29, 1.82) is 0 Å². The van der Waals surface area contributed by atoms with Crippen LogP contribution in [0.15, 0.2) is 48.5 Å². The van der Waals surface area contributed by atoms with Crippen LogP contribution in [-0.4, -0.2) is 29.3 Å². The molecule has 2 aromatic carbocycles. The van der Waals surface area contributed by atoms with Gasteiger partial charge in [-0.1, -0.05) is 36.4 Å². The van der Waals surface area contributed by atoms with Crippen molar-refractivity contribution in [3.8, 4) is 0 Å². The van der Waals surface area contributed by atoms with E-state index in [1.54, 1.807) is 24.0 Å². The molecule has 138 valence electrons. The minimum absolute atomic E-state index is 0.121. The van der Waals surface area contributed by atoms with Gasteiger partial charge in [0.05, 0.1) is 6.42 Å². The number of carbonyl (C=O) groups excluding carboxylic acids is 2. The molecule has 26 heavy (non-hydrogen) atoms. The second-order valence-electron chi connectivity index (χ2n) is 6.32. The molecule has 0 saturated heterocycles. The molecule has 0 radical (unpaired) electrons. The third kappa shape index (κ3) is 5.15. The van der Waals surface area contributed by atoms with Gasteiger partial charge in [0.15, 0.2) is 0 Å². The molecule has 0 fully saturated rings. The number of halogens is 1. The van der Waals surface area contributed by atoms with Crippen LogP contribution in [-0.2, 0) is 22.6 Å². The number of amides is 2. The van der Waals surface area contributed by atoms with Gasteiger partial charge in [-0.2, -0.15) is 0 Å². The van der Waals surface area contributed by atoms with Gasteiger partial charge >= 0.3 is 0 Å². The zero-order chi connectivity index (χ0) is 19.1. The largest absolute Gasteiger partial charge is 0.355 e. The second kappa shape index (κ2) is 9.13. The Morgan fingerprint density at radius 1 is 1.12 bits per heavy atom. The SMILES string of the molecule is CCNC(=O)[C@H](C)N(Cc1ccccc1C)C(=O)Cc1ccc(F)cc1. The third-order valence-corrected chi connectivity index (χ3v) is 4.39. The molecular formula is C21H25FN2O2. The highest BCUT2D eigenvalue weighted by molar-refractivity contribution is 5.88. The molecule has 0 unspecified atom stereocenters. The van der Waals surface area contributed by atoms with Crippen LogP contribution in [0.2, 0.25) is 0 Å². The number of hydrogen-bond acceptors (Lipinski definition) is 2. The van der Waals surface area contributed by atoms with E-state index in [2.05, 4.69) is 5.32 Å². The second-order valence-corrected chi connectivity index (χ2v) is 6.32. The lowest BCUT2D eigenvalue weighted by Gasteiger charge is -2.29. The Labute approximate surface area is 154 Å². The molecule has 0 aliphatic heterocycles. The lowest BCUT2D eigenvalue weighted by Crippen LogP contribution is -2.48. The van der Waals surface area contributed by atoms with E-state index in [1.807, 2.05) is 38.1 Å². The van der Waals surface area contributed by atoms with Crippen molar-refractivity contribution < 1.29 is 14.0 Å². The van der Waals surface area contributed by atoms with Gasteiger partial charge in [0.2, 0.25) is 11.8 Å². The van der Waals surface area contributed by atoms with Gasteiger partial charge in [-0.3, -0.25) is 9.59 Å². The molecule has 0 heterocycles. The number of nitrogens with one attached hydrogen (secondary N) is 1. The zero-order valence-corrected chi connectivity index (χ0v) is 15.5. The molecule has 0 bridgehead atoms. The van der Waals surface area contributed by atoms with E-state index in [1.165, 1.54) is 12.1 Å². The van der Waals surface area contributed by atoms with Crippen molar-refractivity contribution in [2.45, 2.75) is 39.8 Å². The van der Waals surface area contributed by atoms with Crippen molar-refractivity contribution in [3.63, 3.8) is 0 Å². The molecule has 4 nitrogen and oxygen atoms in total. The van der Waals surface area contributed by atoms with Gasteiger partial charge < -0.3 is 10.2 Å². The Hall–Kier alpha value is -2.69. The van der Waals surface area contributed by atoms with Crippen LogP contribution in [0.4, 0.5) is 4.39 Å². The number of nitrogens with zero attached hydrogens (tertiary/aromatic N) is 1. The minimum atomic E-state index is -0.595. The summed E-state index contributed by atoms with van der Waals surface area (Å²) in [6.07, 6.45) is 0.121. The zero-order valence-electron chi connectivity index (χ0n) is 15.5. The van der Waals surface area contributed by atoms with E-state index < -0.39 is 6.04 Å². The Morgan fingerprint density at radius 3 is 2.38 bits per heavy atom. The first kappa shape index (κ1) is 19.6. The van der Waals surface area contributed by atoms with E-state index in [0.717, 1.165) is 11.1 Å². The van der Waals surface area contributed by atoms with E-state index in [4.69, 9.17) is 0 Å². The Balaban J connectivity index is 2.23. The van der Waals surface area contributed by atoms with Crippen molar-refractivity contribution in [2.24, 2.45) is 0 Å². The number of aryl methyl sites for hydroxylation is 1. The monoisotopic (exact) mass is 356 g/mol. The average molecular weight is 356 g/mol. The highest BCUT2D eigenvalue weighted by atomic mass is 19.1. The number of likely N-dealkylation sites (N-methyl/N-ethyl adjacent to an activating group) is 1. The summed E-state index contributed by atoms with van der Waals surface area (Å²) in [6.45, 7) is 6.41. The van der Waals surface area contributed by atoms with Crippen molar-refractivity contribution in [1.82, 2.24) is 10.2 Å². The molecule has 0 aliphatic carbocycles. The van der Waals surface area contributed by atoms with Crippen molar-refractivity contribution in [3.05, 3.63) is 71.0 Å². The minimum Gasteiger partial charge on any atom is -0.355 e. The first-order valence-electron chi connectivity index (χ1n) is 8.78. The fourth-order valence-electron chi connectivity index (χ4n) is 2.75. The Bertz CT molecular complexity index is 759. The summed E-state index contributed by atoms with van der Waals surface area (Å²) < 4.78 is 13.1. The highest BCUT2D eigenvalue weighted by Crippen LogP contribution is 2.15. The number of hydrogen-bond donors (Lipinski definition) is 1. The summed E-state index contributed by atoms with van der Waals surface area (Å²) in [7, 11) is 0. The Kier molecular flexibility index (Phi) is 6.89. The van der Waals surface area contributed by atoms with Gasteiger partial charge in [0.1, 0.15) is 11.9 Å². The number of benzene rings is 2. The molecule has 5 heteroatoms. The molecule has 0 aliphatic rings. The number of rotatable bonds is 7. The summed E-state index contributed by atoms with van der Waals surface area (Å²) in [5.74, 6) is -0.694. The number of carbonyl (C=O) groups is 2. The van der Waals surface area contributed by atoms with E-state index >= 15 is 0 Å². The molecule has 2 aromatic rings. The highest BCUT2D eigenvalue weighted by Gasteiger charge is 2.26. The van der Waals surface area contributed by atoms with Crippen LogP contribution in [0.25, 0.3) is 0 Å². The maximum atomic E-state index is 13.1. The molecular weight excluding hydrogens is 331 g/mol. The first-order valence-corrected chi connectivity index (χ1v) is 8.78. The predicted octanol–water partition coefficient (Wildman–Crippen LogP) is 3.23. The maximum Gasteiger partial charge on any atom is 0.242 e. The predicted molar refractivity (Wildman–Crippen MR) is 100.0 cm³/mol. The van der Waals surface area contributed by atoms with Crippen LogP contribution < -0.4 is 5.32 Å². The van der Waals surface area contributed by atoms with Gasteiger partial charge in [-0.25, -0.2) is 4.39 Å². The average Bonchev–Trinajstić information content (AvgIpc) is 2.62. The van der Waals surface area contributed by atoms with Gasteiger partial charge in [-0.15, -0.1) is 0 Å². The quantitative estimate of drug-likeness (QED) is 0.828. The molecule has 0 saturated carbocycles. The van der Waals surface area contributed by atoms with Crippen LogP contribution in [0.3, 0.4) is 0 Å². The standard InChI is InChI=1S/C21H25FN2O2/c1-4-23-21(26)16(3)24(14-18-8-6-5-7-15(18)2)20(25)13-17-9-11-19(22)12-10-17/h5-12,16H,4,13-14H2,1-3H3,(H,23,26)/t16-/m0/s1. The van der Waals surface area contributed by atoms with E-state index in [9.17, 15) is 14.0 Å². The normalized spacial score (nSPS) is 11.7. The smallest absolute Gasteiger partial charge is 0.242 e. The third-order valence-electron chi connectivity index (χ3n) is 4.39. The van der Waals surface area contributed by atoms with Crippen LogP contribution in [0.5, 0.6) is 0 Å². The summed E-state index contributed by atoms with van der Waals surface area (Å²) >= 11 is 0. The van der Waals surface area contributed by atoms with Gasteiger partial charge in [-0.05, 0) is 49.6 Å². The topological polar surface area (TPSA) is 49.4 Å². The van der Waals surface area contributed by atoms with E-state index in [-0.39, 0.29) is 24.1 Å². The van der Waals surface area contributed by atoms with Crippen LogP contribution in [0.1, 0.15) is 30.5 Å². The molecule has 1 atom stereocenters. The fraction of sp³-hybridized carbons (Fsp3) is 0.333. The summed E-state index contributed by atoms with van der Waals surface area (Å²) in [5, 5.41) is 2.77. The molecule has 2 rings (SSSR count). The van der Waals surface area contributed by atoms with Crippen molar-refractivity contribution >= 4 is 11.8 Å². The van der Waals surface area contributed by atoms with Gasteiger partial charge in [0.25, 0.3) is 0 Å². The Morgan fingerprint density at radius 2 is 1.77 bits per heavy atom. The maximum absolute atomic E-state index is 13.1. The molecule has 1 N–H and O–H groups in total. The lowest BCUT2D eigenvalue weighted by molar-refractivity contribution is -0.140. The molecule has 0 spiro atoms. The van der Waals surface area contributed by atoms with Crippen LogP contribution >= 0.6 is 0 Å².